The highest BCUT2D eigenvalue weighted by molar-refractivity contribution is 7.80. The van der Waals surface area contributed by atoms with E-state index < -0.39 is 0 Å². The summed E-state index contributed by atoms with van der Waals surface area (Å²) in [7, 11) is 2.10. The van der Waals surface area contributed by atoms with Gasteiger partial charge in [0.1, 0.15) is 0 Å². The first-order chi connectivity index (χ1) is 12.5. The predicted molar refractivity (Wildman–Crippen MR) is 107 cm³/mol. The zero-order valence-corrected chi connectivity index (χ0v) is 15.2. The van der Waals surface area contributed by atoms with Gasteiger partial charge in [-0.2, -0.15) is 0 Å². The number of H-pyrrole nitrogens is 1. The minimum atomic E-state index is -0.0697. The van der Waals surface area contributed by atoms with Crippen molar-refractivity contribution < 1.29 is 5.11 Å². The molecule has 0 unspecified atom stereocenters. The molecule has 0 aliphatic carbocycles. The fourth-order valence-electron chi connectivity index (χ4n) is 3.60. The largest absolute Gasteiger partial charge is 0.493 e. The van der Waals surface area contributed by atoms with Crippen molar-refractivity contribution in [2.24, 2.45) is 16.0 Å². The van der Waals surface area contributed by atoms with E-state index in [-0.39, 0.29) is 11.0 Å². The van der Waals surface area contributed by atoms with Crippen LogP contribution in [0.3, 0.4) is 0 Å². The van der Waals surface area contributed by atoms with Gasteiger partial charge in [0.15, 0.2) is 5.69 Å². The molecule has 4 rings (SSSR count). The Morgan fingerprint density at radius 3 is 2.77 bits per heavy atom. The molecule has 3 aromatic rings. The Kier molecular flexibility index (Phi) is 4.18. The van der Waals surface area contributed by atoms with Crippen molar-refractivity contribution in [1.82, 2.24) is 9.88 Å². The topological polar surface area (TPSA) is 90.0 Å². The maximum Gasteiger partial charge on any atom is 0.218 e. The number of aromatic amines is 1. The van der Waals surface area contributed by atoms with Crippen LogP contribution in [0.1, 0.15) is 11.1 Å². The van der Waals surface area contributed by atoms with E-state index in [0.29, 0.717) is 5.69 Å². The number of azo groups is 1. The lowest BCUT2D eigenvalue weighted by Gasteiger charge is -2.27. The Labute approximate surface area is 156 Å². The monoisotopic (exact) mass is 365 g/mol. The smallest absolute Gasteiger partial charge is 0.218 e. The molecule has 2 aromatic carbocycles. The van der Waals surface area contributed by atoms with E-state index in [1.807, 2.05) is 18.2 Å². The van der Waals surface area contributed by atoms with Gasteiger partial charge in [-0.15, -0.1) is 10.2 Å². The first kappa shape index (κ1) is 16.7. The second kappa shape index (κ2) is 6.51. The van der Waals surface area contributed by atoms with Gasteiger partial charge in [0.25, 0.3) is 0 Å². The van der Waals surface area contributed by atoms with Crippen LogP contribution in [0.4, 0.5) is 5.69 Å². The summed E-state index contributed by atoms with van der Waals surface area (Å²) in [5.74, 6) is -0.0272. The van der Waals surface area contributed by atoms with Gasteiger partial charge in [0, 0.05) is 18.5 Å². The normalized spacial score (nSPS) is 14.8. The average Bonchev–Trinajstić information content (AvgIpc) is 2.95. The third-order valence-electron chi connectivity index (χ3n) is 4.78. The minimum Gasteiger partial charge on any atom is -0.493 e. The molecule has 132 valence electrons. The maximum atomic E-state index is 10.4. The van der Waals surface area contributed by atoms with Gasteiger partial charge in [0.2, 0.25) is 11.0 Å². The molecule has 0 spiro atoms. The molecule has 26 heavy (non-hydrogen) atoms. The van der Waals surface area contributed by atoms with E-state index in [1.165, 1.54) is 11.1 Å². The highest BCUT2D eigenvalue weighted by Gasteiger charge is 2.24. The number of rotatable bonds is 2. The van der Waals surface area contributed by atoms with E-state index in [0.717, 1.165) is 41.5 Å². The molecule has 1 aliphatic rings. The number of aromatic hydroxyl groups is 1. The first-order valence-electron chi connectivity index (χ1n) is 8.39. The van der Waals surface area contributed by atoms with E-state index >= 15 is 0 Å². The van der Waals surface area contributed by atoms with Crippen molar-refractivity contribution in [3.8, 4) is 17.0 Å². The molecule has 6 nitrogen and oxygen atoms in total. The lowest BCUT2D eigenvalue weighted by atomic mass is 9.89. The summed E-state index contributed by atoms with van der Waals surface area (Å²) in [6.45, 7) is 1.80. The van der Waals surface area contributed by atoms with Gasteiger partial charge >= 0.3 is 0 Å². The average molecular weight is 365 g/mol. The van der Waals surface area contributed by atoms with Crippen LogP contribution in [0.25, 0.3) is 22.0 Å². The fraction of sp³-hybridized carbons (Fsp3) is 0.211. The number of benzene rings is 2. The fourth-order valence-corrected chi connectivity index (χ4v) is 3.64. The molecule has 0 saturated heterocycles. The Balaban J connectivity index is 2.02. The molecular weight excluding hydrogens is 346 g/mol. The molecule has 2 heterocycles. The highest BCUT2D eigenvalue weighted by atomic mass is 32.1. The number of fused-ring (bicyclic) bond motifs is 3. The molecule has 0 fully saturated rings. The van der Waals surface area contributed by atoms with Crippen LogP contribution in [-0.2, 0) is 13.0 Å². The van der Waals surface area contributed by atoms with Gasteiger partial charge in [0.05, 0.1) is 5.52 Å². The van der Waals surface area contributed by atoms with Crippen LogP contribution in [0.2, 0.25) is 0 Å². The molecule has 7 heteroatoms. The van der Waals surface area contributed by atoms with Gasteiger partial charge in [-0.25, -0.2) is 0 Å². The maximum absolute atomic E-state index is 10.4. The van der Waals surface area contributed by atoms with Crippen molar-refractivity contribution in [2.45, 2.75) is 13.0 Å². The van der Waals surface area contributed by atoms with Crippen molar-refractivity contribution in [2.75, 3.05) is 13.6 Å². The van der Waals surface area contributed by atoms with Gasteiger partial charge in [-0.1, -0.05) is 30.3 Å². The van der Waals surface area contributed by atoms with E-state index in [1.54, 1.807) is 0 Å². The lowest BCUT2D eigenvalue weighted by Crippen LogP contribution is -2.27. The van der Waals surface area contributed by atoms with Crippen LogP contribution in [0, 0.1) is 0 Å². The number of nitrogens with zero attached hydrogens (tertiary/aromatic N) is 3. The molecule has 0 radical (unpaired) electrons. The van der Waals surface area contributed by atoms with Crippen molar-refractivity contribution >= 4 is 33.9 Å². The zero-order chi connectivity index (χ0) is 18.3. The summed E-state index contributed by atoms with van der Waals surface area (Å²) >= 11 is 4.77. The molecule has 0 atom stereocenters. The molecule has 0 bridgehead atoms. The van der Waals surface area contributed by atoms with Crippen LogP contribution in [0.5, 0.6) is 5.88 Å². The lowest BCUT2D eigenvalue weighted by molar-refractivity contribution is 0.314. The summed E-state index contributed by atoms with van der Waals surface area (Å²) in [6.07, 6.45) is 0.954. The number of aromatic nitrogens is 1. The molecular formula is C19H19N5OS. The highest BCUT2D eigenvalue weighted by Crippen LogP contribution is 2.43. The Hall–Kier alpha value is -2.77. The third kappa shape index (κ3) is 2.85. The van der Waals surface area contributed by atoms with Gasteiger partial charge in [-0.3, -0.25) is 0 Å². The Morgan fingerprint density at radius 1 is 1.27 bits per heavy atom. The summed E-state index contributed by atoms with van der Waals surface area (Å²) < 4.78 is 0. The van der Waals surface area contributed by atoms with Crippen LogP contribution in [0.15, 0.2) is 46.6 Å². The summed E-state index contributed by atoms with van der Waals surface area (Å²) in [6, 6.07) is 12.3. The van der Waals surface area contributed by atoms with Crippen LogP contribution in [-0.4, -0.2) is 33.7 Å². The van der Waals surface area contributed by atoms with E-state index in [4.69, 9.17) is 18.0 Å². The second-order valence-corrected chi connectivity index (χ2v) is 6.94. The number of thiocarbonyl (C=S) groups is 1. The quantitative estimate of drug-likeness (QED) is 0.475. The van der Waals surface area contributed by atoms with E-state index in [2.05, 4.69) is 45.4 Å². The number of hydrogen-bond acceptors (Lipinski definition) is 4. The van der Waals surface area contributed by atoms with Crippen LogP contribution >= 0.6 is 12.2 Å². The first-order valence-corrected chi connectivity index (χ1v) is 8.80. The van der Waals surface area contributed by atoms with Gasteiger partial charge < -0.3 is 20.7 Å². The minimum absolute atomic E-state index is 0.0272. The summed E-state index contributed by atoms with van der Waals surface area (Å²) in [4.78, 5) is 5.34. The number of nitrogens with one attached hydrogen (secondary N) is 1. The summed E-state index contributed by atoms with van der Waals surface area (Å²) in [5.41, 5.74) is 11.5. The van der Waals surface area contributed by atoms with Crippen molar-refractivity contribution in [3.05, 3.63) is 47.5 Å². The zero-order valence-electron chi connectivity index (χ0n) is 14.4. The predicted octanol–water partition coefficient (Wildman–Crippen LogP) is 3.86. The number of hydrogen-bond donors (Lipinski definition) is 3. The van der Waals surface area contributed by atoms with Crippen molar-refractivity contribution in [1.29, 1.82) is 0 Å². The van der Waals surface area contributed by atoms with Gasteiger partial charge in [-0.05, 0) is 54.0 Å². The molecule has 4 N–H and O–H groups in total. The Morgan fingerprint density at radius 2 is 2.04 bits per heavy atom. The van der Waals surface area contributed by atoms with E-state index in [9.17, 15) is 5.11 Å². The third-order valence-corrected chi connectivity index (χ3v) is 4.86. The number of likely N-dealkylation sites (N-methyl/N-ethyl adjacent to an activating group) is 1. The standard InChI is InChI=1S/C19H19N5OS/c1-24-8-7-12-13(11-5-3-2-4-6-11)9-14-16(15(12)10-24)21-18(25)17(14)22-23-19(20)26/h2-6,9,21,25H,7-8,10H2,1H3,(H2,20,26). The second-order valence-electron chi connectivity index (χ2n) is 6.52. The summed E-state index contributed by atoms with van der Waals surface area (Å²) in [5, 5.41) is 18.9. The molecule has 0 amide bonds. The van der Waals surface area contributed by atoms with Crippen molar-refractivity contribution in [3.63, 3.8) is 0 Å². The molecule has 0 saturated carbocycles. The Bertz CT molecular complexity index is 1030. The SMILES string of the molecule is CN1CCc2c(-c3ccccc3)cc3c(N=NC(N)=S)c(O)[nH]c3c2C1. The number of nitrogens with two attached hydrogens (primary N) is 1. The van der Waals surface area contributed by atoms with Crippen LogP contribution < -0.4 is 5.73 Å². The molecule has 1 aliphatic heterocycles. The molecule has 1 aromatic heterocycles.